The number of pyridine rings is 1. The van der Waals surface area contributed by atoms with Crippen molar-refractivity contribution in [2.24, 2.45) is 5.92 Å². The van der Waals surface area contributed by atoms with Crippen LogP contribution < -0.4 is 15.5 Å². The average Bonchev–Trinajstić information content (AvgIpc) is 3.09. The fourth-order valence-corrected chi connectivity index (χ4v) is 5.01. The number of nitrogens with zero attached hydrogens (tertiary/aromatic N) is 2. The number of aliphatic carboxylic acids is 2. The summed E-state index contributed by atoms with van der Waals surface area (Å²) in [6.45, 7) is 6.41. The van der Waals surface area contributed by atoms with Crippen molar-refractivity contribution < 1.29 is 75.2 Å². The van der Waals surface area contributed by atoms with Crippen LogP contribution in [0.4, 0.5) is 26.3 Å². The first-order valence-electron chi connectivity index (χ1n) is 15.3. The van der Waals surface area contributed by atoms with E-state index in [-0.39, 0.29) is 12.5 Å². The normalized spacial score (nSPS) is 16.1. The van der Waals surface area contributed by atoms with Crippen LogP contribution in [-0.4, -0.2) is 99.2 Å². The number of fused-ring (bicyclic) bond motifs is 1. The summed E-state index contributed by atoms with van der Waals surface area (Å²) in [5, 5.41) is 27.4. The molecule has 2 aromatic carbocycles. The van der Waals surface area contributed by atoms with Crippen molar-refractivity contribution in [1.29, 1.82) is 0 Å². The number of halogens is 6. The number of aromatic nitrogens is 1. The molecular weight excluding hydrogens is 726 g/mol. The molecule has 53 heavy (non-hydrogen) atoms. The predicted octanol–water partition coefficient (Wildman–Crippen LogP) is 4.27. The third-order valence-corrected chi connectivity index (χ3v) is 7.78. The molecule has 1 aliphatic rings. The molecule has 14 nitrogen and oxygen atoms in total. The maximum atomic E-state index is 13.1. The van der Waals surface area contributed by atoms with Gasteiger partial charge in [0.1, 0.15) is 17.9 Å². The van der Waals surface area contributed by atoms with Crippen molar-refractivity contribution in [2.75, 3.05) is 20.2 Å². The molecule has 2 atom stereocenters. The molecule has 20 heteroatoms. The molecule has 1 saturated heterocycles. The Morgan fingerprint density at radius 3 is 1.98 bits per heavy atom. The topological polar surface area (TPSA) is 205 Å². The molecule has 0 unspecified atom stereocenters. The lowest BCUT2D eigenvalue weighted by Crippen LogP contribution is -2.62. The number of alkyl halides is 6. The van der Waals surface area contributed by atoms with Gasteiger partial charge in [0.05, 0.1) is 24.6 Å². The molecule has 0 bridgehead atoms. The minimum Gasteiger partial charge on any atom is -0.489 e. The second-order valence-electron chi connectivity index (χ2n) is 11.8. The first-order chi connectivity index (χ1) is 24.5. The summed E-state index contributed by atoms with van der Waals surface area (Å²) < 4.78 is 74.4. The summed E-state index contributed by atoms with van der Waals surface area (Å²) in [6, 6.07) is 16.0. The van der Waals surface area contributed by atoms with Gasteiger partial charge >= 0.3 is 30.3 Å². The Balaban J connectivity index is 0.000000587. The van der Waals surface area contributed by atoms with E-state index in [2.05, 4.69) is 10.3 Å². The summed E-state index contributed by atoms with van der Waals surface area (Å²) in [4.78, 5) is 62.0. The Bertz CT molecular complexity index is 1740. The van der Waals surface area contributed by atoms with E-state index < -0.39 is 53.7 Å². The van der Waals surface area contributed by atoms with Gasteiger partial charge in [0, 0.05) is 35.3 Å². The van der Waals surface area contributed by atoms with Gasteiger partial charge in [-0.3, -0.25) is 29.5 Å². The first kappa shape index (κ1) is 43.7. The second-order valence-corrected chi connectivity index (χ2v) is 11.8. The maximum absolute atomic E-state index is 13.1. The number of amides is 2. The van der Waals surface area contributed by atoms with Crippen LogP contribution in [0.25, 0.3) is 10.9 Å². The molecular formula is C33H36F6N4O10. The van der Waals surface area contributed by atoms with E-state index in [4.69, 9.17) is 29.3 Å². The van der Waals surface area contributed by atoms with Crippen molar-refractivity contribution in [1.82, 2.24) is 20.7 Å². The van der Waals surface area contributed by atoms with Gasteiger partial charge in [0.25, 0.3) is 5.91 Å². The Morgan fingerprint density at radius 2 is 1.47 bits per heavy atom. The summed E-state index contributed by atoms with van der Waals surface area (Å²) in [6.07, 6.45) is -9.83. The quantitative estimate of drug-likeness (QED) is 0.0946. The number of carboxylic acids is 2. The van der Waals surface area contributed by atoms with E-state index in [0.29, 0.717) is 30.9 Å². The van der Waals surface area contributed by atoms with Crippen LogP contribution in [0.3, 0.4) is 0 Å². The Hall–Kier alpha value is -5.50. The van der Waals surface area contributed by atoms with Crippen LogP contribution in [0, 0.1) is 12.8 Å². The van der Waals surface area contributed by atoms with Crippen LogP contribution >= 0.6 is 0 Å². The van der Waals surface area contributed by atoms with Gasteiger partial charge in [-0.05, 0) is 63.6 Å². The Labute approximate surface area is 297 Å². The molecule has 0 radical (unpaired) electrons. The van der Waals surface area contributed by atoms with E-state index in [1.807, 2.05) is 42.2 Å². The number of hydrogen-bond acceptors (Lipinski definition) is 10. The molecule has 0 aliphatic carbocycles. The zero-order valence-corrected chi connectivity index (χ0v) is 28.5. The van der Waals surface area contributed by atoms with E-state index in [1.165, 1.54) is 7.11 Å². The fourth-order valence-electron chi connectivity index (χ4n) is 5.01. The van der Waals surface area contributed by atoms with Gasteiger partial charge in [0.15, 0.2) is 0 Å². The van der Waals surface area contributed by atoms with Crippen LogP contribution in [0.1, 0.15) is 41.9 Å². The summed E-state index contributed by atoms with van der Waals surface area (Å²) in [5.41, 5.74) is 3.97. The maximum Gasteiger partial charge on any atom is 0.490 e. The van der Waals surface area contributed by atoms with Crippen molar-refractivity contribution in [3.8, 4) is 5.75 Å². The van der Waals surface area contributed by atoms with E-state index in [1.54, 1.807) is 43.6 Å². The molecule has 2 amide bonds. The number of hydrogen-bond donors (Lipinski definition) is 5. The number of nitrogens with one attached hydrogen (secondary N) is 2. The van der Waals surface area contributed by atoms with Gasteiger partial charge in [-0.15, -0.1) is 0 Å². The van der Waals surface area contributed by atoms with Crippen LogP contribution in [0.15, 0.2) is 54.6 Å². The van der Waals surface area contributed by atoms with Gasteiger partial charge in [-0.1, -0.05) is 18.2 Å². The molecule has 1 aliphatic heterocycles. The van der Waals surface area contributed by atoms with Gasteiger partial charge in [0.2, 0.25) is 5.91 Å². The molecule has 5 N–H and O–H groups in total. The minimum atomic E-state index is -5.08. The van der Waals surface area contributed by atoms with E-state index >= 15 is 0 Å². The number of likely N-dealkylation sites (tertiary alicyclic amines) is 1. The summed E-state index contributed by atoms with van der Waals surface area (Å²) in [5.74, 6) is -6.95. The summed E-state index contributed by atoms with van der Waals surface area (Å²) >= 11 is 0. The molecule has 3 aromatic rings. The summed E-state index contributed by atoms with van der Waals surface area (Å²) in [7, 11) is 1.32. The lowest BCUT2D eigenvalue weighted by Gasteiger charge is -2.44. The minimum absolute atomic E-state index is 0.229. The van der Waals surface area contributed by atoms with Crippen LogP contribution in [-0.2, 0) is 30.5 Å². The standard InChI is InChI=1S/C29H34N4O6.2C2HF3O2/c1-18-15-20(22-7-5-6-8-24(22)30-18)17-39-21-11-9-19(10-12-21)26(34)31-25-16-33(29(2,3)28(36)38-4)14-13-23(25)27(35)32-37;2*3-2(4,5)1(6)7/h5-12,15,23,25,37H,13-14,16-17H2,1-4H3,(H,31,34)(H,32,35);2*(H,6,7)/t23-,25+;;/m0../s1. The number of carboxylic acid groups (broad SMARTS) is 2. The third-order valence-electron chi connectivity index (χ3n) is 7.78. The molecule has 290 valence electrons. The van der Waals surface area contributed by atoms with Crippen LogP contribution in [0.5, 0.6) is 5.75 Å². The fraction of sp³-hybridized carbons (Fsp3) is 0.394. The Morgan fingerprint density at radius 1 is 0.925 bits per heavy atom. The smallest absolute Gasteiger partial charge is 0.489 e. The number of aryl methyl sites for hydroxylation is 1. The van der Waals surface area contributed by atoms with Gasteiger partial charge < -0.3 is 25.0 Å². The monoisotopic (exact) mass is 762 g/mol. The predicted molar refractivity (Wildman–Crippen MR) is 172 cm³/mol. The van der Waals surface area contributed by atoms with Crippen molar-refractivity contribution in [3.63, 3.8) is 0 Å². The highest BCUT2D eigenvalue weighted by Gasteiger charge is 2.43. The SMILES string of the molecule is COC(=O)C(C)(C)N1CC[C@H](C(=O)NO)[C@H](NC(=O)c2ccc(OCc3cc(C)nc4ccccc34)cc2)C1.O=C(O)C(F)(F)F.O=C(O)C(F)(F)F. The van der Waals surface area contributed by atoms with Gasteiger partial charge in [-0.25, -0.2) is 15.1 Å². The molecule has 0 saturated carbocycles. The first-order valence-corrected chi connectivity index (χ1v) is 15.3. The number of esters is 1. The number of benzene rings is 2. The zero-order valence-electron chi connectivity index (χ0n) is 28.5. The number of rotatable bonds is 8. The van der Waals surface area contributed by atoms with Crippen molar-refractivity contribution >= 4 is 40.6 Å². The highest BCUT2D eigenvalue weighted by atomic mass is 19.4. The number of piperidine rings is 1. The van der Waals surface area contributed by atoms with E-state index in [9.17, 15) is 45.9 Å². The zero-order chi connectivity index (χ0) is 40.3. The molecule has 0 spiro atoms. The van der Waals surface area contributed by atoms with Gasteiger partial charge in [-0.2, -0.15) is 26.3 Å². The van der Waals surface area contributed by atoms with E-state index in [0.717, 1.165) is 22.2 Å². The highest BCUT2D eigenvalue weighted by Crippen LogP contribution is 2.27. The number of ether oxygens (including phenoxy) is 2. The van der Waals surface area contributed by atoms with Crippen molar-refractivity contribution in [2.45, 2.75) is 57.7 Å². The molecule has 4 rings (SSSR count). The lowest BCUT2D eigenvalue weighted by molar-refractivity contribution is -0.193. The molecule has 1 fully saturated rings. The number of para-hydroxylation sites is 1. The number of carbonyl (C=O) groups excluding carboxylic acids is 3. The number of carbonyl (C=O) groups is 5. The molecule has 2 heterocycles. The lowest BCUT2D eigenvalue weighted by atomic mass is 9.87. The molecule has 1 aromatic heterocycles. The largest absolute Gasteiger partial charge is 0.490 e. The number of hydroxylamine groups is 1. The van der Waals surface area contributed by atoms with Crippen molar-refractivity contribution in [3.05, 3.63) is 71.4 Å². The highest BCUT2D eigenvalue weighted by molar-refractivity contribution is 5.95. The van der Waals surface area contributed by atoms with Crippen LogP contribution in [0.2, 0.25) is 0 Å². The Kier molecular flexibility index (Phi) is 15.1. The number of methoxy groups -OCH3 is 1. The third kappa shape index (κ3) is 12.6. The average molecular weight is 763 g/mol. The second kappa shape index (κ2) is 18.3.